The summed E-state index contributed by atoms with van der Waals surface area (Å²) in [7, 11) is 1.60. The van der Waals surface area contributed by atoms with Crippen LogP contribution in [0.25, 0.3) is 0 Å². The van der Waals surface area contributed by atoms with Gasteiger partial charge in [0.25, 0.3) is 11.8 Å². The maximum absolute atomic E-state index is 12.8. The van der Waals surface area contributed by atoms with Crippen molar-refractivity contribution < 1.29 is 28.7 Å². The lowest BCUT2D eigenvalue weighted by molar-refractivity contribution is -0.895. The number of nitrogens with zero attached hydrogens (tertiary/aromatic N) is 1. The summed E-state index contributed by atoms with van der Waals surface area (Å²) in [6, 6.07) is 14.6. The Morgan fingerprint density at radius 1 is 1.10 bits per heavy atom. The molecule has 1 fully saturated rings. The Hall–Kier alpha value is -3.26. The molecule has 0 aliphatic carbocycles. The van der Waals surface area contributed by atoms with Crippen LogP contribution in [0, 0.1) is 0 Å². The lowest BCUT2D eigenvalue weighted by Gasteiger charge is -2.35. The third kappa shape index (κ3) is 4.65. The summed E-state index contributed by atoms with van der Waals surface area (Å²) in [5.41, 5.74) is 0.740. The fraction of sp³-hybridized carbons (Fsp3) is 0.364. The SMILES string of the molecule is COc1ccc(NC(=O)C[NH+]2CCN(C(=O)[C@H]3COc4ccccc4O3)CC2)cc1. The van der Waals surface area contributed by atoms with Gasteiger partial charge < -0.3 is 29.3 Å². The molecule has 8 heteroatoms. The molecule has 4 rings (SSSR count). The smallest absolute Gasteiger partial charge is 0.279 e. The second-order valence-corrected chi connectivity index (χ2v) is 7.39. The molecule has 0 aromatic heterocycles. The largest absolute Gasteiger partial charge is 0.497 e. The van der Waals surface area contributed by atoms with Gasteiger partial charge in [-0.3, -0.25) is 9.59 Å². The number of hydrogen-bond acceptors (Lipinski definition) is 5. The number of anilines is 1. The lowest BCUT2D eigenvalue weighted by Crippen LogP contribution is -3.15. The Kier molecular flexibility index (Phi) is 6.04. The molecule has 0 saturated carbocycles. The summed E-state index contributed by atoms with van der Waals surface area (Å²) in [5.74, 6) is 1.90. The normalized spacial score (nSPS) is 18.6. The molecule has 2 aromatic rings. The maximum atomic E-state index is 12.8. The van der Waals surface area contributed by atoms with Gasteiger partial charge in [0, 0.05) is 5.69 Å². The number of ether oxygens (including phenoxy) is 3. The van der Waals surface area contributed by atoms with Crippen LogP contribution in [0.5, 0.6) is 17.2 Å². The Labute approximate surface area is 175 Å². The average Bonchev–Trinajstić information content (AvgIpc) is 2.79. The molecule has 2 aromatic carbocycles. The summed E-state index contributed by atoms with van der Waals surface area (Å²) in [6.45, 7) is 3.19. The summed E-state index contributed by atoms with van der Waals surface area (Å²) in [5, 5.41) is 2.90. The van der Waals surface area contributed by atoms with E-state index in [-0.39, 0.29) is 18.4 Å². The van der Waals surface area contributed by atoms with E-state index in [0.717, 1.165) is 16.3 Å². The van der Waals surface area contributed by atoms with E-state index in [1.807, 2.05) is 42.5 Å². The molecule has 1 atom stereocenters. The zero-order valence-electron chi connectivity index (χ0n) is 16.9. The van der Waals surface area contributed by atoms with Crippen LogP contribution in [0.1, 0.15) is 0 Å². The first-order valence-electron chi connectivity index (χ1n) is 10.1. The number of rotatable bonds is 5. The van der Waals surface area contributed by atoms with Crippen LogP contribution in [0.4, 0.5) is 5.69 Å². The number of quaternary nitrogens is 1. The molecule has 30 heavy (non-hydrogen) atoms. The lowest BCUT2D eigenvalue weighted by atomic mass is 10.2. The minimum atomic E-state index is -0.625. The van der Waals surface area contributed by atoms with Crippen LogP contribution < -0.4 is 24.4 Å². The number of fused-ring (bicyclic) bond motifs is 1. The molecule has 158 valence electrons. The number of carbonyl (C=O) groups excluding carboxylic acids is 2. The molecule has 2 N–H and O–H groups in total. The minimum absolute atomic E-state index is 0.0458. The van der Waals surface area contributed by atoms with Gasteiger partial charge in [0.1, 0.15) is 12.4 Å². The molecule has 2 amide bonds. The Balaban J connectivity index is 1.23. The topological polar surface area (TPSA) is 81.5 Å². The molecule has 8 nitrogen and oxygen atoms in total. The first-order chi connectivity index (χ1) is 14.6. The zero-order chi connectivity index (χ0) is 20.9. The van der Waals surface area contributed by atoms with Gasteiger partial charge in [0.2, 0.25) is 6.10 Å². The van der Waals surface area contributed by atoms with Crippen molar-refractivity contribution in [1.82, 2.24) is 4.90 Å². The van der Waals surface area contributed by atoms with Crippen LogP contribution in [0.15, 0.2) is 48.5 Å². The first kappa shape index (κ1) is 20.0. The van der Waals surface area contributed by atoms with Gasteiger partial charge in [-0.15, -0.1) is 0 Å². The number of methoxy groups -OCH3 is 1. The fourth-order valence-corrected chi connectivity index (χ4v) is 3.67. The number of nitrogens with one attached hydrogen (secondary N) is 2. The zero-order valence-corrected chi connectivity index (χ0v) is 16.9. The van der Waals surface area contributed by atoms with Crippen molar-refractivity contribution in [2.24, 2.45) is 0 Å². The predicted molar refractivity (Wildman–Crippen MR) is 110 cm³/mol. The Morgan fingerprint density at radius 3 is 2.50 bits per heavy atom. The number of piperazine rings is 1. The number of para-hydroxylation sites is 2. The Bertz CT molecular complexity index is 894. The van der Waals surface area contributed by atoms with Gasteiger partial charge >= 0.3 is 0 Å². The van der Waals surface area contributed by atoms with Gasteiger partial charge in [0.05, 0.1) is 33.3 Å². The molecule has 1 saturated heterocycles. The van der Waals surface area contributed by atoms with E-state index in [2.05, 4.69) is 5.32 Å². The van der Waals surface area contributed by atoms with Crippen molar-refractivity contribution in [2.75, 3.05) is 51.8 Å². The van der Waals surface area contributed by atoms with Gasteiger partial charge in [0.15, 0.2) is 18.0 Å². The number of carbonyl (C=O) groups is 2. The maximum Gasteiger partial charge on any atom is 0.279 e. The highest BCUT2D eigenvalue weighted by atomic mass is 16.6. The molecule has 0 bridgehead atoms. The average molecular weight is 412 g/mol. The van der Waals surface area contributed by atoms with E-state index in [9.17, 15) is 9.59 Å². The van der Waals surface area contributed by atoms with Crippen LogP contribution in [-0.2, 0) is 9.59 Å². The fourth-order valence-electron chi connectivity index (χ4n) is 3.67. The van der Waals surface area contributed by atoms with E-state index < -0.39 is 6.10 Å². The van der Waals surface area contributed by atoms with E-state index in [0.29, 0.717) is 44.2 Å². The summed E-state index contributed by atoms with van der Waals surface area (Å²) >= 11 is 0. The molecular weight excluding hydrogens is 386 g/mol. The quantitative estimate of drug-likeness (QED) is 0.734. The summed E-state index contributed by atoms with van der Waals surface area (Å²) in [4.78, 5) is 28.1. The number of benzene rings is 2. The molecule has 2 heterocycles. The minimum Gasteiger partial charge on any atom is -0.497 e. The molecule has 0 spiro atoms. The molecule has 0 unspecified atom stereocenters. The Morgan fingerprint density at radius 2 is 1.80 bits per heavy atom. The third-order valence-corrected chi connectivity index (χ3v) is 5.35. The highest BCUT2D eigenvalue weighted by molar-refractivity contribution is 5.91. The van der Waals surface area contributed by atoms with Gasteiger partial charge in [-0.1, -0.05) is 12.1 Å². The second kappa shape index (κ2) is 9.04. The monoisotopic (exact) mass is 412 g/mol. The summed E-state index contributed by atoms with van der Waals surface area (Å²) < 4.78 is 16.6. The van der Waals surface area contributed by atoms with Crippen molar-refractivity contribution in [2.45, 2.75) is 6.10 Å². The van der Waals surface area contributed by atoms with Gasteiger partial charge in [-0.05, 0) is 36.4 Å². The summed E-state index contributed by atoms with van der Waals surface area (Å²) in [6.07, 6.45) is -0.625. The van der Waals surface area contributed by atoms with Gasteiger partial charge in [-0.25, -0.2) is 0 Å². The van der Waals surface area contributed by atoms with Crippen molar-refractivity contribution in [3.63, 3.8) is 0 Å². The predicted octanol–water partition coefficient (Wildman–Crippen LogP) is 0.201. The standard InChI is InChI=1S/C22H25N3O5/c1-28-17-8-6-16(7-9-17)23-21(26)14-24-10-12-25(13-11-24)22(27)20-15-29-18-4-2-3-5-19(18)30-20/h2-9,20H,10-15H2,1H3,(H,23,26)/p+1/t20-/m1/s1. The van der Waals surface area contributed by atoms with Crippen molar-refractivity contribution in [1.29, 1.82) is 0 Å². The van der Waals surface area contributed by atoms with Gasteiger partial charge in [-0.2, -0.15) is 0 Å². The molecule has 2 aliphatic rings. The van der Waals surface area contributed by atoms with E-state index in [1.54, 1.807) is 18.1 Å². The number of amides is 2. The van der Waals surface area contributed by atoms with Crippen molar-refractivity contribution in [3.8, 4) is 17.2 Å². The van der Waals surface area contributed by atoms with E-state index >= 15 is 0 Å². The van der Waals surface area contributed by atoms with Crippen molar-refractivity contribution >= 4 is 17.5 Å². The number of hydrogen-bond donors (Lipinski definition) is 2. The van der Waals surface area contributed by atoms with E-state index in [4.69, 9.17) is 14.2 Å². The second-order valence-electron chi connectivity index (χ2n) is 7.39. The van der Waals surface area contributed by atoms with Crippen molar-refractivity contribution in [3.05, 3.63) is 48.5 Å². The highest BCUT2D eigenvalue weighted by Gasteiger charge is 2.34. The van der Waals surface area contributed by atoms with E-state index in [1.165, 1.54) is 0 Å². The molecule has 0 radical (unpaired) electrons. The van der Waals surface area contributed by atoms with Crippen LogP contribution in [0.2, 0.25) is 0 Å². The molecular formula is C22H26N3O5+. The van der Waals surface area contributed by atoms with Crippen LogP contribution in [0.3, 0.4) is 0 Å². The third-order valence-electron chi connectivity index (χ3n) is 5.35. The van der Waals surface area contributed by atoms with Crippen LogP contribution >= 0.6 is 0 Å². The molecule has 2 aliphatic heterocycles. The first-order valence-corrected chi connectivity index (χ1v) is 10.1. The van der Waals surface area contributed by atoms with Crippen LogP contribution in [-0.4, -0.2) is 69.3 Å². The highest BCUT2D eigenvalue weighted by Crippen LogP contribution is 2.31.